The number of hydrogen-bond donors (Lipinski definition) is 2. The van der Waals surface area contributed by atoms with Crippen LogP contribution in [-0.2, 0) is 4.74 Å². The van der Waals surface area contributed by atoms with Gasteiger partial charge in [0.05, 0.1) is 6.61 Å². The first kappa shape index (κ1) is 21.5. The van der Waals surface area contributed by atoms with E-state index in [1.165, 1.54) is 38.9 Å². The zero-order valence-corrected chi connectivity index (χ0v) is 17.0. The molecule has 0 amide bonds. The molecule has 0 saturated carbocycles. The second-order valence-corrected chi connectivity index (χ2v) is 6.86. The number of ether oxygens (including phenoxy) is 2. The molecular formula is C21H36N4O2. The standard InChI is InChI=1S/C21H36N4O2/c1-3-22-21(23-12-4-5-13-25-14-6-7-15-25)24-19-10-8-11-20(18-19)27-17-9-16-26-2/h8,10-11,18H,3-7,9,12-17H2,1-2H3,(H2,22,23,24). The highest BCUT2D eigenvalue weighted by Gasteiger charge is 2.10. The summed E-state index contributed by atoms with van der Waals surface area (Å²) < 4.78 is 10.8. The second kappa shape index (κ2) is 13.4. The molecule has 27 heavy (non-hydrogen) atoms. The Morgan fingerprint density at radius 2 is 2.00 bits per heavy atom. The number of aliphatic imine (C=N–C) groups is 1. The van der Waals surface area contributed by atoms with Gasteiger partial charge in [-0.05, 0) is 64.4 Å². The SMILES string of the molecule is CCNC(=NCCCCN1CCCC1)Nc1cccc(OCCCOC)c1. The quantitative estimate of drug-likeness (QED) is 0.333. The van der Waals surface area contributed by atoms with Gasteiger partial charge in [-0.25, -0.2) is 0 Å². The summed E-state index contributed by atoms with van der Waals surface area (Å²) in [7, 11) is 1.71. The van der Waals surface area contributed by atoms with E-state index in [-0.39, 0.29) is 0 Å². The van der Waals surface area contributed by atoms with Crippen LogP contribution in [0.2, 0.25) is 0 Å². The first-order valence-electron chi connectivity index (χ1n) is 10.3. The molecule has 1 aromatic carbocycles. The van der Waals surface area contributed by atoms with E-state index in [0.29, 0.717) is 13.2 Å². The molecule has 152 valence electrons. The highest BCUT2D eigenvalue weighted by Crippen LogP contribution is 2.17. The normalized spacial score (nSPS) is 15.1. The van der Waals surface area contributed by atoms with Crippen LogP contribution in [0.25, 0.3) is 0 Å². The largest absolute Gasteiger partial charge is 0.493 e. The lowest BCUT2D eigenvalue weighted by Gasteiger charge is -2.14. The van der Waals surface area contributed by atoms with Crippen molar-refractivity contribution < 1.29 is 9.47 Å². The lowest BCUT2D eigenvalue weighted by atomic mass is 10.3. The van der Waals surface area contributed by atoms with Crippen molar-refractivity contribution in [1.82, 2.24) is 10.2 Å². The molecule has 1 aromatic rings. The van der Waals surface area contributed by atoms with Gasteiger partial charge in [-0.15, -0.1) is 0 Å². The highest BCUT2D eigenvalue weighted by atomic mass is 16.5. The maximum atomic E-state index is 5.77. The zero-order valence-electron chi connectivity index (χ0n) is 17.0. The Bertz CT molecular complexity index is 545. The zero-order chi connectivity index (χ0) is 19.2. The third-order valence-electron chi connectivity index (χ3n) is 4.55. The van der Waals surface area contributed by atoms with Crippen molar-refractivity contribution in [3.63, 3.8) is 0 Å². The molecule has 2 N–H and O–H groups in total. The number of benzene rings is 1. The van der Waals surface area contributed by atoms with Crippen molar-refractivity contribution in [2.45, 2.75) is 39.0 Å². The molecule has 0 spiro atoms. The van der Waals surface area contributed by atoms with Crippen LogP contribution < -0.4 is 15.4 Å². The van der Waals surface area contributed by atoms with Crippen molar-refractivity contribution >= 4 is 11.6 Å². The van der Waals surface area contributed by atoms with E-state index in [4.69, 9.17) is 14.5 Å². The number of nitrogens with one attached hydrogen (secondary N) is 2. The monoisotopic (exact) mass is 376 g/mol. The third-order valence-corrected chi connectivity index (χ3v) is 4.55. The van der Waals surface area contributed by atoms with Gasteiger partial charge in [-0.3, -0.25) is 4.99 Å². The van der Waals surface area contributed by atoms with E-state index >= 15 is 0 Å². The average Bonchev–Trinajstić information content (AvgIpc) is 3.19. The van der Waals surface area contributed by atoms with Gasteiger partial charge in [0.2, 0.25) is 0 Å². The van der Waals surface area contributed by atoms with Gasteiger partial charge in [0.15, 0.2) is 5.96 Å². The maximum Gasteiger partial charge on any atom is 0.195 e. The van der Waals surface area contributed by atoms with Crippen molar-refractivity contribution in [2.75, 3.05) is 58.4 Å². The molecule has 0 bridgehead atoms. The molecule has 0 unspecified atom stereocenters. The summed E-state index contributed by atoms with van der Waals surface area (Å²) in [6.45, 7) is 8.90. The molecule has 1 heterocycles. The first-order valence-corrected chi connectivity index (χ1v) is 10.3. The Balaban J connectivity index is 1.75. The molecule has 2 rings (SSSR count). The summed E-state index contributed by atoms with van der Waals surface area (Å²) in [5.41, 5.74) is 0.982. The third kappa shape index (κ3) is 9.11. The number of rotatable bonds is 12. The summed E-state index contributed by atoms with van der Waals surface area (Å²) in [5.74, 6) is 1.69. The van der Waals surface area contributed by atoms with E-state index < -0.39 is 0 Å². The Labute approximate surface area is 164 Å². The Kier molecular flexibility index (Phi) is 10.7. The molecule has 0 aromatic heterocycles. The predicted molar refractivity (Wildman–Crippen MR) is 113 cm³/mol. The smallest absolute Gasteiger partial charge is 0.195 e. The summed E-state index contributed by atoms with van der Waals surface area (Å²) in [6.07, 6.45) is 5.95. The van der Waals surface area contributed by atoms with Crippen LogP contribution >= 0.6 is 0 Å². The van der Waals surface area contributed by atoms with E-state index in [1.807, 2.05) is 24.3 Å². The minimum Gasteiger partial charge on any atom is -0.493 e. The minimum absolute atomic E-state index is 0.655. The minimum atomic E-state index is 0.655. The Morgan fingerprint density at radius 3 is 2.78 bits per heavy atom. The number of unbranched alkanes of at least 4 members (excludes halogenated alkanes) is 1. The molecule has 1 saturated heterocycles. The molecule has 0 radical (unpaired) electrons. The van der Waals surface area contributed by atoms with E-state index in [2.05, 4.69) is 22.5 Å². The lowest BCUT2D eigenvalue weighted by Crippen LogP contribution is -2.30. The molecule has 0 aliphatic carbocycles. The fraction of sp³-hybridized carbons (Fsp3) is 0.667. The van der Waals surface area contributed by atoms with Crippen LogP contribution in [0.1, 0.15) is 39.0 Å². The second-order valence-electron chi connectivity index (χ2n) is 6.86. The molecule has 1 aliphatic rings. The highest BCUT2D eigenvalue weighted by molar-refractivity contribution is 5.93. The van der Waals surface area contributed by atoms with Gasteiger partial charge in [0.25, 0.3) is 0 Å². The Hall–Kier alpha value is -1.79. The number of anilines is 1. The van der Waals surface area contributed by atoms with Crippen molar-refractivity contribution in [1.29, 1.82) is 0 Å². The molecule has 1 aliphatic heterocycles. The van der Waals surface area contributed by atoms with Crippen LogP contribution in [0.15, 0.2) is 29.3 Å². The first-order chi connectivity index (χ1) is 13.3. The van der Waals surface area contributed by atoms with Gasteiger partial charge in [0.1, 0.15) is 5.75 Å². The van der Waals surface area contributed by atoms with Crippen molar-refractivity contribution in [2.24, 2.45) is 4.99 Å². The van der Waals surface area contributed by atoms with Crippen LogP contribution in [0.3, 0.4) is 0 Å². The number of likely N-dealkylation sites (tertiary alicyclic amines) is 1. The number of guanidine groups is 1. The van der Waals surface area contributed by atoms with Gasteiger partial charge < -0.3 is 25.0 Å². The van der Waals surface area contributed by atoms with Crippen LogP contribution in [0.5, 0.6) is 5.75 Å². The predicted octanol–water partition coefficient (Wildman–Crippen LogP) is 3.36. The summed E-state index contributed by atoms with van der Waals surface area (Å²) >= 11 is 0. The topological polar surface area (TPSA) is 58.1 Å². The van der Waals surface area contributed by atoms with E-state index in [9.17, 15) is 0 Å². The molecular weight excluding hydrogens is 340 g/mol. The van der Waals surface area contributed by atoms with Gasteiger partial charge in [-0.1, -0.05) is 6.07 Å². The summed E-state index contributed by atoms with van der Waals surface area (Å²) in [6, 6.07) is 8.00. The fourth-order valence-corrected chi connectivity index (χ4v) is 3.15. The number of hydrogen-bond acceptors (Lipinski definition) is 4. The van der Waals surface area contributed by atoms with Crippen molar-refractivity contribution in [3.05, 3.63) is 24.3 Å². The van der Waals surface area contributed by atoms with Crippen LogP contribution in [-0.4, -0.2) is 63.9 Å². The van der Waals surface area contributed by atoms with Gasteiger partial charge >= 0.3 is 0 Å². The number of methoxy groups -OCH3 is 1. The molecule has 6 nitrogen and oxygen atoms in total. The average molecular weight is 377 g/mol. The maximum absolute atomic E-state index is 5.77. The fourth-order valence-electron chi connectivity index (χ4n) is 3.15. The lowest BCUT2D eigenvalue weighted by molar-refractivity contribution is 0.172. The van der Waals surface area contributed by atoms with Crippen LogP contribution in [0.4, 0.5) is 5.69 Å². The van der Waals surface area contributed by atoms with Crippen LogP contribution in [0, 0.1) is 0 Å². The molecule has 6 heteroatoms. The van der Waals surface area contributed by atoms with Crippen molar-refractivity contribution in [3.8, 4) is 5.75 Å². The Morgan fingerprint density at radius 1 is 1.15 bits per heavy atom. The van der Waals surface area contributed by atoms with E-state index in [0.717, 1.165) is 43.3 Å². The summed E-state index contributed by atoms with van der Waals surface area (Å²) in [5, 5.41) is 6.69. The molecule has 1 fully saturated rings. The van der Waals surface area contributed by atoms with E-state index in [1.54, 1.807) is 7.11 Å². The van der Waals surface area contributed by atoms with Gasteiger partial charge in [-0.2, -0.15) is 0 Å². The summed E-state index contributed by atoms with van der Waals surface area (Å²) in [4.78, 5) is 7.27. The molecule has 0 atom stereocenters. The van der Waals surface area contributed by atoms with Gasteiger partial charge in [0, 0.05) is 45.0 Å². The number of nitrogens with zero attached hydrogens (tertiary/aromatic N) is 2.